The highest BCUT2D eigenvalue weighted by molar-refractivity contribution is 5.93. The Balaban J connectivity index is 1.80. The van der Waals surface area contributed by atoms with E-state index in [2.05, 4.69) is 5.10 Å². The van der Waals surface area contributed by atoms with Crippen LogP contribution in [0.5, 0.6) is 0 Å². The van der Waals surface area contributed by atoms with E-state index < -0.39 is 11.6 Å². The predicted molar refractivity (Wildman–Crippen MR) is 95.0 cm³/mol. The van der Waals surface area contributed by atoms with Gasteiger partial charge in [0.15, 0.2) is 11.6 Å². The van der Waals surface area contributed by atoms with Crippen LogP contribution in [-0.4, -0.2) is 22.2 Å². The van der Waals surface area contributed by atoms with E-state index in [1.165, 1.54) is 17.2 Å². The fraction of sp³-hybridized carbons (Fsp3) is 0.211. The largest absolute Gasteiger partial charge is 0.313 e. The van der Waals surface area contributed by atoms with Crippen molar-refractivity contribution in [3.8, 4) is 0 Å². The third-order valence-corrected chi connectivity index (χ3v) is 4.13. The number of anilines is 1. The van der Waals surface area contributed by atoms with Crippen LogP contribution in [0, 0.1) is 11.6 Å². The van der Waals surface area contributed by atoms with Gasteiger partial charge in [-0.15, -0.1) is 0 Å². The van der Waals surface area contributed by atoms with E-state index in [-0.39, 0.29) is 24.3 Å². The van der Waals surface area contributed by atoms with Crippen molar-refractivity contribution in [2.45, 2.75) is 19.9 Å². The molecule has 134 valence electrons. The Bertz CT molecular complexity index is 1020. The Morgan fingerprint density at radius 3 is 2.65 bits per heavy atom. The Morgan fingerprint density at radius 2 is 1.92 bits per heavy atom. The first-order chi connectivity index (χ1) is 12.5. The number of amides is 1. The molecule has 2 aromatic carbocycles. The van der Waals surface area contributed by atoms with Crippen LogP contribution < -0.4 is 10.3 Å². The maximum absolute atomic E-state index is 13.4. The Morgan fingerprint density at radius 1 is 1.15 bits per heavy atom. The van der Waals surface area contributed by atoms with Crippen LogP contribution in [0.4, 0.5) is 14.5 Å². The van der Waals surface area contributed by atoms with E-state index in [1.807, 2.05) is 0 Å². The standard InChI is InChI=1S/C19H17F2N3O2/c1-2-23(13-7-8-15(20)16(21)11-13)19(26)9-10-24-17-6-4-3-5-14(17)18(25)12-22-24/h3-8,11-12H,2,9-10H2,1H3. The lowest BCUT2D eigenvalue weighted by atomic mass is 10.2. The number of aromatic nitrogens is 2. The van der Waals surface area contributed by atoms with Gasteiger partial charge in [0.2, 0.25) is 11.3 Å². The second-order valence-corrected chi connectivity index (χ2v) is 5.74. The monoisotopic (exact) mass is 357 g/mol. The molecule has 0 unspecified atom stereocenters. The lowest BCUT2D eigenvalue weighted by Crippen LogP contribution is -2.31. The number of hydrogen-bond acceptors (Lipinski definition) is 3. The zero-order valence-corrected chi connectivity index (χ0v) is 14.2. The van der Waals surface area contributed by atoms with Crippen molar-refractivity contribution in [1.82, 2.24) is 9.78 Å². The minimum absolute atomic E-state index is 0.104. The van der Waals surface area contributed by atoms with E-state index in [0.717, 1.165) is 12.1 Å². The first-order valence-corrected chi connectivity index (χ1v) is 8.21. The number of carbonyl (C=O) groups excluding carboxylic acids is 1. The predicted octanol–water partition coefficient (Wildman–Crippen LogP) is 3.12. The van der Waals surface area contributed by atoms with Crippen molar-refractivity contribution < 1.29 is 13.6 Å². The second kappa shape index (κ2) is 7.43. The number of aryl methyl sites for hydroxylation is 1. The van der Waals surface area contributed by atoms with Crippen molar-refractivity contribution in [1.29, 1.82) is 0 Å². The maximum Gasteiger partial charge on any atom is 0.228 e. The molecule has 0 aliphatic heterocycles. The van der Waals surface area contributed by atoms with Crippen LogP contribution in [0.2, 0.25) is 0 Å². The number of fused-ring (bicyclic) bond motifs is 1. The van der Waals surface area contributed by atoms with Gasteiger partial charge in [-0.05, 0) is 31.2 Å². The molecule has 0 saturated carbocycles. The zero-order chi connectivity index (χ0) is 18.7. The Kier molecular flexibility index (Phi) is 5.06. The molecule has 3 rings (SSSR count). The summed E-state index contributed by atoms with van der Waals surface area (Å²) in [5, 5.41) is 4.62. The SMILES string of the molecule is CCN(C(=O)CCn1ncc(=O)c2ccccc21)c1ccc(F)c(F)c1. The molecule has 0 saturated heterocycles. The summed E-state index contributed by atoms with van der Waals surface area (Å²) in [4.78, 5) is 25.8. The molecule has 0 radical (unpaired) electrons. The van der Waals surface area contributed by atoms with E-state index in [1.54, 1.807) is 35.9 Å². The smallest absolute Gasteiger partial charge is 0.228 e. The minimum Gasteiger partial charge on any atom is -0.313 e. The molecule has 7 heteroatoms. The van der Waals surface area contributed by atoms with E-state index in [4.69, 9.17) is 0 Å². The molecule has 0 aliphatic carbocycles. The Hall–Kier alpha value is -3.09. The van der Waals surface area contributed by atoms with Crippen LogP contribution in [0.15, 0.2) is 53.5 Å². The summed E-state index contributed by atoms with van der Waals surface area (Å²) in [6.45, 7) is 2.34. The third-order valence-electron chi connectivity index (χ3n) is 4.13. The van der Waals surface area contributed by atoms with Crippen molar-refractivity contribution >= 4 is 22.5 Å². The molecular formula is C19H17F2N3O2. The first kappa shape index (κ1) is 17.7. The van der Waals surface area contributed by atoms with Gasteiger partial charge in [-0.1, -0.05) is 12.1 Å². The lowest BCUT2D eigenvalue weighted by Gasteiger charge is -2.21. The molecule has 0 aliphatic rings. The molecule has 1 amide bonds. The van der Waals surface area contributed by atoms with Gasteiger partial charge in [0.05, 0.1) is 18.3 Å². The fourth-order valence-electron chi connectivity index (χ4n) is 2.83. The molecule has 0 atom stereocenters. The van der Waals surface area contributed by atoms with E-state index >= 15 is 0 Å². The normalized spacial score (nSPS) is 10.9. The minimum atomic E-state index is -0.998. The van der Waals surface area contributed by atoms with Crippen molar-refractivity contribution in [2.24, 2.45) is 0 Å². The van der Waals surface area contributed by atoms with Gasteiger partial charge >= 0.3 is 0 Å². The molecule has 0 N–H and O–H groups in total. The summed E-state index contributed by atoms with van der Waals surface area (Å²) in [5.41, 5.74) is 0.762. The maximum atomic E-state index is 13.4. The molecule has 1 aromatic heterocycles. The lowest BCUT2D eigenvalue weighted by molar-refractivity contribution is -0.118. The molecule has 1 heterocycles. The summed E-state index contributed by atoms with van der Waals surface area (Å²) >= 11 is 0. The number of rotatable bonds is 5. The van der Waals surface area contributed by atoms with Crippen molar-refractivity contribution in [3.05, 3.63) is 70.5 Å². The highest BCUT2D eigenvalue weighted by Gasteiger charge is 2.16. The number of carbonyl (C=O) groups is 1. The molecule has 0 fully saturated rings. The summed E-state index contributed by atoms with van der Waals surface area (Å²) in [6.07, 6.45) is 1.33. The van der Waals surface area contributed by atoms with Gasteiger partial charge in [0.25, 0.3) is 0 Å². The highest BCUT2D eigenvalue weighted by Crippen LogP contribution is 2.19. The first-order valence-electron chi connectivity index (χ1n) is 8.21. The molecule has 26 heavy (non-hydrogen) atoms. The number of nitrogens with zero attached hydrogens (tertiary/aromatic N) is 3. The number of para-hydroxylation sites is 1. The molecule has 0 spiro atoms. The van der Waals surface area contributed by atoms with Crippen LogP contribution in [0.3, 0.4) is 0 Å². The zero-order valence-electron chi connectivity index (χ0n) is 14.2. The van der Waals surface area contributed by atoms with Crippen molar-refractivity contribution in [3.63, 3.8) is 0 Å². The molecule has 0 bridgehead atoms. The van der Waals surface area contributed by atoms with Crippen LogP contribution in [-0.2, 0) is 11.3 Å². The van der Waals surface area contributed by atoms with Gasteiger partial charge in [0.1, 0.15) is 0 Å². The van der Waals surface area contributed by atoms with Crippen LogP contribution in [0.1, 0.15) is 13.3 Å². The van der Waals surface area contributed by atoms with Gasteiger partial charge in [-0.25, -0.2) is 8.78 Å². The number of halogens is 2. The second-order valence-electron chi connectivity index (χ2n) is 5.74. The molecule has 5 nitrogen and oxygen atoms in total. The van der Waals surface area contributed by atoms with Crippen LogP contribution in [0.25, 0.3) is 10.9 Å². The highest BCUT2D eigenvalue weighted by atomic mass is 19.2. The van der Waals surface area contributed by atoms with Gasteiger partial charge in [-0.3, -0.25) is 14.3 Å². The summed E-state index contributed by atoms with van der Waals surface area (Å²) < 4.78 is 28.1. The Labute approximate surface area is 148 Å². The van der Waals surface area contributed by atoms with Gasteiger partial charge in [-0.2, -0.15) is 5.10 Å². The van der Waals surface area contributed by atoms with E-state index in [9.17, 15) is 18.4 Å². The molecule has 3 aromatic rings. The topological polar surface area (TPSA) is 55.2 Å². The average Bonchev–Trinajstić information content (AvgIpc) is 2.65. The summed E-state index contributed by atoms with van der Waals surface area (Å²) in [7, 11) is 0. The van der Waals surface area contributed by atoms with E-state index in [0.29, 0.717) is 23.1 Å². The third kappa shape index (κ3) is 3.46. The quantitative estimate of drug-likeness (QED) is 0.705. The van der Waals surface area contributed by atoms with Gasteiger partial charge < -0.3 is 4.90 Å². The van der Waals surface area contributed by atoms with Crippen LogP contribution >= 0.6 is 0 Å². The van der Waals surface area contributed by atoms with Crippen molar-refractivity contribution in [2.75, 3.05) is 11.4 Å². The number of benzene rings is 2. The van der Waals surface area contributed by atoms with Gasteiger partial charge in [0, 0.05) is 30.1 Å². The summed E-state index contributed by atoms with van der Waals surface area (Å²) in [5.74, 6) is -2.20. The molecular weight excluding hydrogens is 340 g/mol. The fourth-order valence-corrected chi connectivity index (χ4v) is 2.83. The number of hydrogen-bond donors (Lipinski definition) is 0. The summed E-state index contributed by atoms with van der Waals surface area (Å²) in [6, 6.07) is 10.4. The average molecular weight is 357 g/mol.